The monoisotopic (exact) mass is 299 g/mol. The highest BCUT2D eigenvalue weighted by atomic mass is 32.2. The third-order valence-electron chi connectivity index (χ3n) is 3.66. The fourth-order valence-electron chi connectivity index (χ4n) is 2.74. The van der Waals surface area contributed by atoms with Crippen LogP contribution in [0.15, 0.2) is 6.20 Å². The summed E-state index contributed by atoms with van der Waals surface area (Å²) in [5, 5.41) is 7.92. The zero-order valence-electron chi connectivity index (χ0n) is 12.8. The van der Waals surface area contributed by atoms with Crippen molar-refractivity contribution in [3.05, 3.63) is 17.5 Å². The maximum atomic E-state index is 11.6. The van der Waals surface area contributed by atoms with Crippen LogP contribution in [0.1, 0.15) is 44.9 Å². The number of aryl methyl sites for hydroxylation is 1. The van der Waals surface area contributed by atoms with Gasteiger partial charge in [0.1, 0.15) is 0 Å². The molecule has 114 valence electrons. The van der Waals surface area contributed by atoms with E-state index in [1.807, 2.05) is 17.9 Å². The van der Waals surface area contributed by atoms with E-state index in [2.05, 4.69) is 31.2 Å². The molecule has 0 radical (unpaired) electrons. The maximum absolute atomic E-state index is 11.6. The van der Waals surface area contributed by atoms with Crippen LogP contribution in [0, 0.1) is 0 Å². The third kappa shape index (κ3) is 3.82. The first-order valence-corrected chi connectivity index (χ1v) is 8.96. The standard InChI is InChI=1S/C14H25N3O2S/c1-14(2,3)13-11(9-17(4)16-13)8-15-12-6-5-7-20(18,19)10-12/h9,12,15H,5-8,10H2,1-4H3. The van der Waals surface area contributed by atoms with Gasteiger partial charge >= 0.3 is 0 Å². The van der Waals surface area contributed by atoms with E-state index in [1.54, 1.807) is 0 Å². The first-order valence-electron chi connectivity index (χ1n) is 7.14. The second-order valence-corrected chi connectivity index (χ2v) is 8.99. The van der Waals surface area contributed by atoms with Crippen molar-refractivity contribution in [1.29, 1.82) is 0 Å². The lowest BCUT2D eigenvalue weighted by molar-refractivity contribution is 0.474. The minimum atomic E-state index is -2.85. The summed E-state index contributed by atoms with van der Waals surface area (Å²) in [4.78, 5) is 0. The molecule has 1 aromatic heterocycles. The molecule has 1 aliphatic heterocycles. The zero-order valence-corrected chi connectivity index (χ0v) is 13.6. The fraction of sp³-hybridized carbons (Fsp3) is 0.786. The Bertz CT molecular complexity index is 570. The van der Waals surface area contributed by atoms with E-state index in [9.17, 15) is 8.42 Å². The molecule has 1 atom stereocenters. The second kappa shape index (κ2) is 5.48. The molecular weight excluding hydrogens is 274 g/mol. The Labute approximate surface area is 121 Å². The van der Waals surface area contributed by atoms with Gasteiger partial charge in [0.05, 0.1) is 17.2 Å². The maximum Gasteiger partial charge on any atom is 0.151 e. The summed E-state index contributed by atoms with van der Waals surface area (Å²) in [5.41, 5.74) is 2.23. The van der Waals surface area contributed by atoms with Gasteiger partial charge in [-0.3, -0.25) is 4.68 Å². The Morgan fingerprint density at radius 1 is 1.45 bits per heavy atom. The predicted octanol–water partition coefficient (Wildman–Crippen LogP) is 1.38. The summed E-state index contributed by atoms with van der Waals surface area (Å²) in [6.07, 6.45) is 3.72. The molecule has 1 N–H and O–H groups in total. The van der Waals surface area contributed by atoms with Crippen LogP contribution in [-0.4, -0.2) is 35.7 Å². The molecule has 5 nitrogen and oxygen atoms in total. The highest BCUT2D eigenvalue weighted by molar-refractivity contribution is 7.91. The summed E-state index contributed by atoms with van der Waals surface area (Å²) in [6.45, 7) is 7.11. The first kappa shape index (κ1) is 15.5. The van der Waals surface area contributed by atoms with Gasteiger partial charge in [0, 0.05) is 36.8 Å². The average molecular weight is 299 g/mol. The lowest BCUT2D eigenvalue weighted by Gasteiger charge is -2.24. The Balaban J connectivity index is 2.04. The van der Waals surface area contributed by atoms with Crippen LogP contribution in [0.4, 0.5) is 0 Å². The van der Waals surface area contributed by atoms with Crippen LogP contribution >= 0.6 is 0 Å². The molecule has 2 heterocycles. The van der Waals surface area contributed by atoms with Crippen molar-refractivity contribution in [2.45, 2.75) is 51.6 Å². The van der Waals surface area contributed by atoms with Crippen LogP contribution in [0.3, 0.4) is 0 Å². The van der Waals surface area contributed by atoms with Gasteiger partial charge in [0.2, 0.25) is 0 Å². The molecule has 1 unspecified atom stereocenters. The normalized spacial score (nSPS) is 22.9. The van der Waals surface area contributed by atoms with Gasteiger partial charge in [-0.15, -0.1) is 0 Å². The first-order chi connectivity index (χ1) is 9.17. The Kier molecular flexibility index (Phi) is 4.25. The molecule has 1 aliphatic rings. The van der Waals surface area contributed by atoms with E-state index >= 15 is 0 Å². The number of nitrogens with one attached hydrogen (secondary N) is 1. The van der Waals surface area contributed by atoms with Crippen LogP contribution in [-0.2, 0) is 28.8 Å². The summed E-state index contributed by atoms with van der Waals surface area (Å²) in [5.74, 6) is 0.601. The molecule has 2 rings (SSSR count). The minimum Gasteiger partial charge on any atom is -0.309 e. The van der Waals surface area contributed by atoms with Crippen molar-refractivity contribution < 1.29 is 8.42 Å². The molecule has 0 amide bonds. The average Bonchev–Trinajstić information content (AvgIpc) is 2.66. The Morgan fingerprint density at radius 2 is 2.15 bits per heavy atom. The summed E-state index contributed by atoms with van der Waals surface area (Å²) < 4.78 is 25.1. The summed E-state index contributed by atoms with van der Waals surface area (Å²) in [7, 11) is -0.933. The Morgan fingerprint density at radius 3 is 2.75 bits per heavy atom. The molecule has 6 heteroatoms. The SMILES string of the molecule is Cn1cc(CNC2CCCS(=O)(=O)C2)c(C(C)(C)C)n1. The molecular formula is C14H25N3O2S. The van der Waals surface area contributed by atoms with Crippen LogP contribution < -0.4 is 5.32 Å². The van der Waals surface area contributed by atoms with Gasteiger partial charge < -0.3 is 5.32 Å². The van der Waals surface area contributed by atoms with Crippen LogP contribution in [0.25, 0.3) is 0 Å². The minimum absolute atomic E-state index is 0.00306. The van der Waals surface area contributed by atoms with E-state index in [-0.39, 0.29) is 17.2 Å². The van der Waals surface area contributed by atoms with Gasteiger partial charge in [0.25, 0.3) is 0 Å². The van der Waals surface area contributed by atoms with Gasteiger partial charge in [0.15, 0.2) is 9.84 Å². The van der Waals surface area contributed by atoms with Crippen molar-refractivity contribution in [1.82, 2.24) is 15.1 Å². The molecule has 20 heavy (non-hydrogen) atoms. The van der Waals surface area contributed by atoms with E-state index in [0.29, 0.717) is 12.3 Å². The van der Waals surface area contributed by atoms with Crippen LogP contribution in [0.2, 0.25) is 0 Å². The fourth-order valence-corrected chi connectivity index (χ4v) is 4.41. The number of nitrogens with zero attached hydrogens (tertiary/aromatic N) is 2. The van der Waals surface area contributed by atoms with Crippen molar-refractivity contribution in [3.63, 3.8) is 0 Å². The number of hydrogen-bond acceptors (Lipinski definition) is 4. The quantitative estimate of drug-likeness (QED) is 0.916. The van der Waals surface area contributed by atoms with Gasteiger partial charge in [-0.2, -0.15) is 5.10 Å². The number of hydrogen-bond donors (Lipinski definition) is 1. The molecule has 0 bridgehead atoms. The molecule has 1 fully saturated rings. The van der Waals surface area contributed by atoms with Gasteiger partial charge in [-0.05, 0) is 12.8 Å². The molecule has 0 spiro atoms. The third-order valence-corrected chi connectivity index (χ3v) is 5.48. The lowest BCUT2D eigenvalue weighted by Crippen LogP contribution is -2.40. The van der Waals surface area contributed by atoms with Crippen molar-refractivity contribution in [2.75, 3.05) is 11.5 Å². The van der Waals surface area contributed by atoms with E-state index in [4.69, 9.17) is 0 Å². The van der Waals surface area contributed by atoms with Gasteiger partial charge in [-0.25, -0.2) is 8.42 Å². The number of aromatic nitrogens is 2. The Hall–Kier alpha value is -0.880. The topological polar surface area (TPSA) is 64.0 Å². The lowest BCUT2D eigenvalue weighted by atomic mass is 9.89. The highest BCUT2D eigenvalue weighted by Crippen LogP contribution is 2.24. The summed E-state index contributed by atoms with van der Waals surface area (Å²) in [6, 6.07) is 0.0711. The van der Waals surface area contributed by atoms with Crippen molar-refractivity contribution in [2.24, 2.45) is 7.05 Å². The van der Waals surface area contributed by atoms with E-state index in [1.165, 1.54) is 0 Å². The second-order valence-electron chi connectivity index (χ2n) is 6.76. The number of rotatable bonds is 3. The molecule has 1 aromatic rings. The van der Waals surface area contributed by atoms with Crippen LogP contribution in [0.5, 0.6) is 0 Å². The van der Waals surface area contributed by atoms with Crippen molar-refractivity contribution >= 4 is 9.84 Å². The van der Waals surface area contributed by atoms with E-state index in [0.717, 1.165) is 24.1 Å². The van der Waals surface area contributed by atoms with E-state index < -0.39 is 9.84 Å². The van der Waals surface area contributed by atoms with Crippen molar-refractivity contribution in [3.8, 4) is 0 Å². The highest BCUT2D eigenvalue weighted by Gasteiger charge is 2.26. The van der Waals surface area contributed by atoms with Gasteiger partial charge in [-0.1, -0.05) is 20.8 Å². The smallest absolute Gasteiger partial charge is 0.151 e. The number of sulfone groups is 1. The molecule has 0 aliphatic carbocycles. The zero-order chi connectivity index (χ0) is 15.0. The molecule has 1 saturated heterocycles. The summed E-state index contributed by atoms with van der Waals surface area (Å²) >= 11 is 0. The largest absolute Gasteiger partial charge is 0.309 e. The molecule has 0 aromatic carbocycles. The predicted molar refractivity (Wildman–Crippen MR) is 80.4 cm³/mol. The molecule has 0 saturated carbocycles.